The molecule has 4 rings (SSSR count). The predicted octanol–water partition coefficient (Wildman–Crippen LogP) is 4.57. The Morgan fingerprint density at radius 2 is 1.92 bits per heavy atom. The van der Waals surface area contributed by atoms with Crippen LogP contribution in [0.25, 0.3) is 10.9 Å². The summed E-state index contributed by atoms with van der Waals surface area (Å²) in [6.07, 6.45) is 1.07. The first kappa shape index (κ1) is 16.7. The SMILES string of the molecule is CC(C)(C)c1cccc2c1NC(c1c[nH]c3c(F)cc(F)cc13)=NC2N. The Balaban J connectivity index is 1.87. The number of nitrogens with two attached hydrogens (primary N) is 1. The van der Waals surface area contributed by atoms with E-state index in [9.17, 15) is 8.78 Å². The van der Waals surface area contributed by atoms with Gasteiger partial charge in [-0.05, 0) is 17.0 Å². The molecule has 0 amide bonds. The minimum atomic E-state index is -0.636. The van der Waals surface area contributed by atoms with Crippen molar-refractivity contribution < 1.29 is 8.78 Å². The molecule has 6 heteroatoms. The van der Waals surface area contributed by atoms with Crippen LogP contribution in [0, 0.1) is 11.6 Å². The first-order chi connectivity index (χ1) is 12.3. The zero-order chi connectivity index (χ0) is 18.6. The minimum absolute atomic E-state index is 0.0983. The third-order valence-electron chi connectivity index (χ3n) is 4.70. The van der Waals surface area contributed by atoms with Crippen molar-refractivity contribution in [3.05, 3.63) is 64.9 Å². The molecular weight excluding hydrogens is 334 g/mol. The van der Waals surface area contributed by atoms with Crippen LogP contribution in [-0.4, -0.2) is 10.8 Å². The van der Waals surface area contributed by atoms with E-state index in [4.69, 9.17) is 5.73 Å². The van der Waals surface area contributed by atoms with Gasteiger partial charge in [0.2, 0.25) is 0 Å². The van der Waals surface area contributed by atoms with Crippen molar-refractivity contribution in [3.8, 4) is 0 Å². The molecular formula is C20H20F2N4. The molecule has 0 spiro atoms. The number of nitrogens with one attached hydrogen (secondary N) is 2. The fourth-order valence-corrected chi connectivity index (χ4v) is 3.43. The summed E-state index contributed by atoms with van der Waals surface area (Å²) in [4.78, 5) is 7.38. The number of hydrogen-bond donors (Lipinski definition) is 3. The number of hydrogen-bond acceptors (Lipinski definition) is 3. The third-order valence-corrected chi connectivity index (χ3v) is 4.70. The lowest BCUT2D eigenvalue weighted by Gasteiger charge is -2.30. The molecule has 0 bridgehead atoms. The number of amidine groups is 1. The van der Waals surface area contributed by atoms with Crippen LogP contribution in [0.1, 0.15) is 43.6 Å². The van der Waals surface area contributed by atoms with Gasteiger partial charge in [0, 0.05) is 28.8 Å². The van der Waals surface area contributed by atoms with Crippen molar-refractivity contribution in [2.24, 2.45) is 10.7 Å². The van der Waals surface area contributed by atoms with E-state index in [2.05, 4.69) is 42.1 Å². The topological polar surface area (TPSA) is 66.2 Å². The number of rotatable bonds is 1. The quantitative estimate of drug-likeness (QED) is 0.599. The van der Waals surface area contributed by atoms with Gasteiger partial charge in [0.05, 0.1) is 11.2 Å². The van der Waals surface area contributed by atoms with E-state index < -0.39 is 17.8 Å². The van der Waals surface area contributed by atoms with E-state index >= 15 is 0 Å². The van der Waals surface area contributed by atoms with Crippen molar-refractivity contribution in [1.82, 2.24) is 4.98 Å². The fraction of sp³-hybridized carbons (Fsp3) is 0.250. The van der Waals surface area contributed by atoms with Gasteiger partial charge >= 0.3 is 0 Å². The summed E-state index contributed by atoms with van der Waals surface area (Å²) in [5, 5.41) is 3.77. The Bertz CT molecular complexity index is 1040. The molecule has 0 aliphatic carbocycles. The number of aliphatic imine (C=N–C) groups is 1. The molecule has 1 atom stereocenters. The number of benzene rings is 2. The highest BCUT2D eigenvalue weighted by Crippen LogP contribution is 2.38. The maximum absolute atomic E-state index is 14.0. The van der Waals surface area contributed by atoms with Crippen LogP contribution in [0.2, 0.25) is 0 Å². The zero-order valence-corrected chi connectivity index (χ0v) is 14.8. The van der Waals surface area contributed by atoms with Gasteiger partial charge in [-0.1, -0.05) is 39.0 Å². The van der Waals surface area contributed by atoms with Crippen LogP contribution >= 0.6 is 0 Å². The molecule has 4 nitrogen and oxygen atoms in total. The molecule has 1 aliphatic heterocycles. The monoisotopic (exact) mass is 354 g/mol. The fourth-order valence-electron chi connectivity index (χ4n) is 3.43. The molecule has 134 valence electrons. The summed E-state index contributed by atoms with van der Waals surface area (Å²) >= 11 is 0. The molecule has 0 saturated carbocycles. The number of nitrogens with zero attached hydrogens (tertiary/aromatic N) is 1. The first-order valence-corrected chi connectivity index (χ1v) is 8.46. The normalized spacial score (nSPS) is 17.0. The molecule has 2 heterocycles. The van der Waals surface area contributed by atoms with Crippen molar-refractivity contribution in [3.63, 3.8) is 0 Å². The number of halogens is 2. The van der Waals surface area contributed by atoms with E-state index in [1.807, 2.05) is 12.1 Å². The Labute approximate surface area is 150 Å². The highest BCUT2D eigenvalue weighted by Gasteiger charge is 2.27. The number of aromatic amines is 1. The van der Waals surface area contributed by atoms with Crippen molar-refractivity contribution >= 4 is 22.4 Å². The van der Waals surface area contributed by atoms with Crippen molar-refractivity contribution in [1.29, 1.82) is 0 Å². The summed E-state index contributed by atoms with van der Waals surface area (Å²) in [6.45, 7) is 6.37. The van der Waals surface area contributed by atoms with Gasteiger partial charge < -0.3 is 16.0 Å². The second kappa shape index (κ2) is 5.64. The predicted molar refractivity (Wildman–Crippen MR) is 100 cm³/mol. The number of para-hydroxylation sites is 1. The second-order valence-corrected chi connectivity index (χ2v) is 7.58. The Morgan fingerprint density at radius 1 is 1.15 bits per heavy atom. The number of fused-ring (bicyclic) bond motifs is 2. The molecule has 1 aliphatic rings. The molecule has 1 aromatic heterocycles. The highest BCUT2D eigenvalue weighted by molar-refractivity contribution is 6.17. The molecule has 0 radical (unpaired) electrons. The largest absolute Gasteiger partial charge is 0.358 e. The Hall–Kier alpha value is -2.73. The second-order valence-electron chi connectivity index (χ2n) is 7.58. The molecule has 0 saturated heterocycles. The van der Waals surface area contributed by atoms with E-state index in [1.54, 1.807) is 6.20 Å². The molecule has 4 N–H and O–H groups in total. The smallest absolute Gasteiger partial charge is 0.150 e. The van der Waals surface area contributed by atoms with E-state index in [0.717, 1.165) is 22.9 Å². The average molecular weight is 354 g/mol. The van der Waals surface area contributed by atoms with Crippen LogP contribution in [0.15, 0.2) is 41.5 Å². The Morgan fingerprint density at radius 3 is 2.65 bits per heavy atom. The van der Waals surface area contributed by atoms with E-state index in [-0.39, 0.29) is 10.9 Å². The lowest BCUT2D eigenvalue weighted by molar-refractivity contribution is 0.589. The summed E-state index contributed by atoms with van der Waals surface area (Å²) < 4.78 is 27.7. The summed E-state index contributed by atoms with van der Waals surface area (Å²) in [5.74, 6) is -0.770. The maximum atomic E-state index is 14.0. The van der Waals surface area contributed by atoms with E-state index in [0.29, 0.717) is 16.8 Å². The lowest BCUT2D eigenvalue weighted by atomic mass is 9.83. The minimum Gasteiger partial charge on any atom is -0.358 e. The maximum Gasteiger partial charge on any atom is 0.150 e. The van der Waals surface area contributed by atoms with Crippen LogP contribution in [0.3, 0.4) is 0 Å². The zero-order valence-electron chi connectivity index (χ0n) is 14.8. The average Bonchev–Trinajstić information content (AvgIpc) is 2.97. The molecule has 0 fully saturated rings. The standard InChI is InChI=1S/C20H20F2N4/c1-20(2,3)14-6-4-5-11-16(14)25-19(26-18(11)23)13-9-24-17-12(13)7-10(21)8-15(17)22/h4-9,18,24H,23H2,1-3H3,(H,25,26). The van der Waals surface area contributed by atoms with E-state index in [1.165, 1.54) is 6.07 Å². The highest BCUT2D eigenvalue weighted by atomic mass is 19.1. The Kier molecular flexibility index (Phi) is 3.63. The van der Waals surface area contributed by atoms with Gasteiger partial charge in [0.25, 0.3) is 0 Å². The van der Waals surface area contributed by atoms with Crippen LogP contribution < -0.4 is 11.1 Å². The summed E-state index contributed by atoms with van der Waals surface area (Å²) in [7, 11) is 0. The molecule has 26 heavy (non-hydrogen) atoms. The third kappa shape index (κ3) is 2.57. The van der Waals surface area contributed by atoms with Crippen molar-refractivity contribution in [2.45, 2.75) is 32.4 Å². The van der Waals surface area contributed by atoms with Crippen LogP contribution in [-0.2, 0) is 5.41 Å². The van der Waals surface area contributed by atoms with Gasteiger partial charge in [-0.15, -0.1) is 0 Å². The van der Waals surface area contributed by atoms with Gasteiger partial charge in [0.15, 0.2) is 0 Å². The van der Waals surface area contributed by atoms with Gasteiger partial charge in [-0.25, -0.2) is 13.8 Å². The molecule has 2 aromatic carbocycles. The van der Waals surface area contributed by atoms with Gasteiger partial charge in [-0.2, -0.15) is 0 Å². The first-order valence-electron chi connectivity index (χ1n) is 8.46. The van der Waals surface area contributed by atoms with Gasteiger partial charge in [0.1, 0.15) is 23.6 Å². The van der Waals surface area contributed by atoms with Crippen LogP contribution in [0.4, 0.5) is 14.5 Å². The molecule has 3 aromatic rings. The molecule has 1 unspecified atom stereocenters. The summed E-state index contributed by atoms with van der Waals surface area (Å²) in [6, 6.07) is 8.12. The van der Waals surface area contributed by atoms with Gasteiger partial charge in [-0.3, -0.25) is 0 Å². The summed E-state index contributed by atoms with van der Waals surface area (Å²) in [5.41, 5.74) is 9.92. The lowest BCUT2D eigenvalue weighted by Crippen LogP contribution is -2.28. The van der Waals surface area contributed by atoms with Crippen LogP contribution in [0.5, 0.6) is 0 Å². The number of H-pyrrole nitrogens is 1. The number of anilines is 1. The van der Waals surface area contributed by atoms with Crippen molar-refractivity contribution in [2.75, 3.05) is 5.32 Å². The number of aromatic nitrogens is 1.